The Hall–Kier alpha value is -3.39. The van der Waals surface area contributed by atoms with Crippen molar-refractivity contribution in [2.75, 3.05) is 19.3 Å². The van der Waals surface area contributed by atoms with Crippen molar-refractivity contribution >= 4 is 15.9 Å². The van der Waals surface area contributed by atoms with Gasteiger partial charge in [0.1, 0.15) is 18.0 Å². The lowest BCUT2D eigenvalue weighted by Crippen LogP contribution is -2.42. The van der Waals surface area contributed by atoms with Crippen molar-refractivity contribution in [3.05, 3.63) is 35.9 Å². The fourth-order valence-electron chi connectivity index (χ4n) is 3.13. The van der Waals surface area contributed by atoms with Crippen molar-refractivity contribution < 1.29 is 31.8 Å². The lowest BCUT2D eigenvalue weighted by atomic mass is 10.1. The molecule has 0 atom stereocenters. The van der Waals surface area contributed by atoms with Crippen LogP contribution < -0.4 is 9.47 Å². The maximum Gasteiger partial charge on any atom is 0.410 e. The van der Waals surface area contributed by atoms with Gasteiger partial charge in [0.15, 0.2) is 21.4 Å². The molecule has 1 aromatic heterocycles. The number of terminal acetylenes is 1. The summed E-state index contributed by atoms with van der Waals surface area (Å²) in [5.74, 6) is 1.25. The van der Waals surface area contributed by atoms with Crippen LogP contribution in [-0.2, 0) is 14.6 Å². The highest BCUT2D eigenvalue weighted by molar-refractivity contribution is 7.90. The van der Waals surface area contributed by atoms with E-state index in [4.69, 9.17) is 20.6 Å². The summed E-state index contributed by atoms with van der Waals surface area (Å²) in [6, 6.07) is 3.26. The number of hydrogen-bond donors (Lipinski definition) is 0. The summed E-state index contributed by atoms with van der Waals surface area (Å²) < 4.78 is 54.2. The minimum atomic E-state index is -3.57. The summed E-state index contributed by atoms with van der Waals surface area (Å²) in [6.07, 6.45) is 8.01. The summed E-state index contributed by atoms with van der Waals surface area (Å²) in [5.41, 5.74) is 0.0886. The van der Waals surface area contributed by atoms with Gasteiger partial charge in [0.2, 0.25) is 11.8 Å². The average Bonchev–Trinajstić information content (AvgIpc) is 2.74. The first kappa shape index (κ1) is 24.3. The number of aromatic nitrogens is 2. The minimum absolute atomic E-state index is 0.0886. The fourth-order valence-corrected chi connectivity index (χ4v) is 3.77. The van der Waals surface area contributed by atoms with E-state index < -0.39 is 15.7 Å². The molecule has 0 N–H and O–H groups in total. The lowest BCUT2D eigenvalue weighted by Gasteiger charge is -2.31. The second-order valence-electron chi connectivity index (χ2n) is 7.71. The molecule has 11 heteroatoms. The Kier molecular flexibility index (Phi) is 7.38. The van der Waals surface area contributed by atoms with Gasteiger partial charge in [-0.15, -0.1) is 6.42 Å². The highest BCUT2D eigenvalue weighted by Gasteiger charge is 2.27. The summed E-state index contributed by atoms with van der Waals surface area (Å²) in [6.45, 7) is 4.48. The van der Waals surface area contributed by atoms with Crippen LogP contribution in [0.15, 0.2) is 29.4 Å². The van der Waals surface area contributed by atoms with Crippen LogP contribution in [-0.4, -0.2) is 60.9 Å². The van der Waals surface area contributed by atoms with E-state index in [1.807, 2.05) is 0 Å². The van der Waals surface area contributed by atoms with Gasteiger partial charge in [-0.3, -0.25) is 0 Å². The van der Waals surface area contributed by atoms with Gasteiger partial charge in [0.05, 0.1) is 11.0 Å². The maximum absolute atomic E-state index is 14.4. The molecule has 2 heterocycles. The quantitative estimate of drug-likeness (QED) is 0.584. The van der Waals surface area contributed by atoms with Gasteiger partial charge >= 0.3 is 6.09 Å². The number of halogens is 1. The van der Waals surface area contributed by atoms with Crippen LogP contribution in [0, 0.1) is 18.2 Å². The van der Waals surface area contributed by atoms with Gasteiger partial charge in [-0.25, -0.2) is 27.6 Å². The Labute approximate surface area is 191 Å². The Morgan fingerprint density at radius 3 is 2.48 bits per heavy atom. The number of amides is 1. The third kappa shape index (κ3) is 6.10. The molecule has 0 aliphatic carbocycles. The predicted molar refractivity (Wildman–Crippen MR) is 116 cm³/mol. The van der Waals surface area contributed by atoms with Crippen molar-refractivity contribution in [1.29, 1.82) is 0 Å². The summed E-state index contributed by atoms with van der Waals surface area (Å²) in [4.78, 5) is 21.5. The van der Waals surface area contributed by atoms with E-state index in [9.17, 15) is 17.6 Å². The molecule has 1 aromatic carbocycles. The molecule has 1 fully saturated rings. The second kappa shape index (κ2) is 10.0. The molecule has 0 saturated carbocycles. The minimum Gasteiger partial charge on any atom is -0.473 e. The molecule has 1 saturated heterocycles. The van der Waals surface area contributed by atoms with E-state index in [1.54, 1.807) is 18.7 Å². The van der Waals surface area contributed by atoms with E-state index in [0.29, 0.717) is 25.9 Å². The number of benzene rings is 1. The molecule has 0 unspecified atom stereocenters. The zero-order valence-corrected chi connectivity index (χ0v) is 19.3. The molecule has 1 amide bonds. The standard InChI is InChI=1S/C22H24FN3O6S/c1-5-17-20(31-15-8-10-26(11-9-15)22(27)30-14(2)3)24-13-25-21(17)32-19-7-6-16(12-18(19)23)33(4,28)29/h1,6-7,12-15H,8-11H2,2-4H3. The monoisotopic (exact) mass is 477 g/mol. The summed E-state index contributed by atoms with van der Waals surface area (Å²) in [7, 11) is -3.57. The maximum atomic E-state index is 14.4. The van der Waals surface area contributed by atoms with E-state index in [2.05, 4.69) is 15.9 Å². The summed E-state index contributed by atoms with van der Waals surface area (Å²) in [5, 5.41) is 0. The van der Waals surface area contributed by atoms with E-state index in [1.165, 1.54) is 18.5 Å². The number of carbonyl (C=O) groups excluding carboxylic acids is 1. The van der Waals surface area contributed by atoms with E-state index in [0.717, 1.165) is 12.3 Å². The van der Waals surface area contributed by atoms with Gasteiger partial charge in [-0.05, 0) is 32.0 Å². The van der Waals surface area contributed by atoms with Gasteiger partial charge in [-0.1, -0.05) is 5.92 Å². The number of carbonyl (C=O) groups is 1. The number of rotatable bonds is 6. The van der Waals surface area contributed by atoms with Crippen LogP contribution in [0.3, 0.4) is 0 Å². The smallest absolute Gasteiger partial charge is 0.410 e. The second-order valence-corrected chi connectivity index (χ2v) is 9.72. The fraction of sp³-hybridized carbons (Fsp3) is 0.409. The highest BCUT2D eigenvalue weighted by Crippen LogP contribution is 2.31. The van der Waals surface area contributed by atoms with Crippen molar-refractivity contribution in [3.8, 4) is 29.9 Å². The van der Waals surface area contributed by atoms with Gasteiger partial charge in [0.25, 0.3) is 0 Å². The van der Waals surface area contributed by atoms with E-state index in [-0.39, 0.29) is 46.3 Å². The van der Waals surface area contributed by atoms with Crippen molar-refractivity contribution in [3.63, 3.8) is 0 Å². The topological polar surface area (TPSA) is 108 Å². The molecule has 33 heavy (non-hydrogen) atoms. The molecular weight excluding hydrogens is 453 g/mol. The first-order chi connectivity index (χ1) is 15.6. The first-order valence-corrected chi connectivity index (χ1v) is 12.1. The third-order valence-electron chi connectivity index (χ3n) is 4.78. The Morgan fingerprint density at radius 2 is 1.91 bits per heavy atom. The van der Waals surface area contributed by atoms with Crippen LogP contribution in [0.1, 0.15) is 32.3 Å². The largest absolute Gasteiger partial charge is 0.473 e. The van der Waals surface area contributed by atoms with Crippen LogP contribution in [0.5, 0.6) is 17.5 Å². The molecule has 0 spiro atoms. The predicted octanol–water partition coefficient (Wildman–Crippen LogP) is 3.18. The molecule has 3 rings (SSSR count). The third-order valence-corrected chi connectivity index (χ3v) is 5.89. The average molecular weight is 478 g/mol. The number of ether oxygens (including phenoxy) is 3. The highest BCUT2D eigenvalue weighted by atomic mass is 32.2. The normalized spacial score (nSPS) is 14.6. The number of hydrogen-bond acceptors (Lipinski definition) is 8. The number of piperidine rings is 1. The van der Waals surface area contributed by atoms with Crippen LogP contribution in [0.4, 0.5) is 9.18 Å². The van der Waals surface area contributed by atoms with Crippen LogP contribution in [0.25, 0.3) is 0 Å². The molecule has 0 radical (unpaired) electrons. The molecule has 1 aliphatic heterocycles. The van der Waals surface area contributed by atoms with E-state index >= 15 is 0 Å². The zero-order chi connectivity index (χ0) is 24.2. The van der Waals surface area contributed by atoms with Crippen molar-refractivity contribution in [1.82, 2.24) is 14.9 Å². The van der Waals surface area contributed by atoms with Crippen LogP contribution in [0.2, 0.25) is 0 Å². The van der Waals surface area contributed by atoms with Crippen molar-refractivity contribution in [2.45, 2.75) is 43.8 Å². The lowest BCUT2D eigenvalue weighted by molar-refractivity contribution is 0.0506. The zero-order valence-electron chi connectivity index (χ0n) is 18.4. The summed E-state index contributed by atoms with van der Waals surface area (Å²) >= 11 is 0. The Balaban J connectivity index is 1.72. The molecule has 0 bridgehead atoms. The number of nitrogens with zero attached hydrogens (tertiary/aromatic N) is 3. The number of sulfone groups is 1. The van der Waals surface area contributed by atoms with Gasteiger partial charge in [-0.2, -0.15) is 0 Å². The number of likely N-dealkylation sites (tertiary alicyclic amines) is 1. The Morgan fingerprint density at radius 1 is 1.24 bits per heavy atom. The molecule has 176 valence electrons. The SMILES string of the molecule is C#Cc1c(Oc2ccc(S(C)(=O)=O)cc2F)ncnc1OC1CCN(C(=O)OC(C)C)CC1. The molecule has 2 aromatic rings. The van der Waals surface area contributed by atoms with Gasteiger partial charge < -0.3 is 19.1 Å². The molecule has 1 aliphatic rings. The molecule has 9 nitrogen and oxygen atoms in total. The first-order valence-electron chi connectivity index (χ1n) is 10.2. The van der Waals surface area contributed by atoms with Crippen LogP contribution >= 0.6 is 0 Å². The molecular formula is C22H24FN3O6S. The van der Waals surface area contributed by atoms with Crippen molar-refractivity contribution in [2.24, 2.45) is 0 Å². The van der Waals surface area contributed by atoms with Gasteiger partial charge in [0, 0.05) is 32.2 Å². The Bertz CT molecular complexity index is 1170.